The highest BCUT2D eigenvalue weighted by atomic mass is 16.6. The Bertz CT molecular complexity index is 333. The van der Waals surface area contributed by atoms with Crippen molar-refractivity contribution in [3.63, 3.8) is 0 Å². The van der Waals surface area contributed by atoms with E-state index >= 15 is 0 Å². The van der Waals surface area contributed by atoms with Crippen LogP contribution in [-0.4, -0.2) is 17.7 Å². The molecule has 148 valence electrons. The molecule has 3 nitrogen and oxygen atoms in total. The second-order valence-corrected chi connectivity index (χ2v) is 8.19. The number of alkyl carbamates (subject to hydrolysis) is 1. The van der Waals surface area contributed by atoms with Crippen LogP contribution in [0.5, 0.6) is 0 Å². The number of hydrogen-bond acceptors (Lipinski definition) is 2. The summed E-state index contributed by atoms with van der Waals surface area (Å²) in [5.41, 5.74) is -0.445. The van der Waals surface area contributed by atoms with E-state index in [1.54, 1.807) is 0 Å². The maximum absolute atomic E-state index is 11.9. The molecular formula is C22H43NO2. The third-order valence-corrected chi connectivity index (χ3v) is 4.33. The molecule has 0 aromatic heterocycles. The molecule has 0 unspecified atom stereocenters. The van der Waals surface area contributed by atoms with Crippen LogP contribution in [0.2, 0.25) is 0 Å². The van der Waals surface area contributed by atoms with Crippen molar-refractivity contribution in [2.24, 2.45) is 0 Å². The van der Waals surface area contributed by atoms with Crippen LogP contribution in [0.4, 0.5) is 4.79 Å². The van der Waals surface area contributed by atoms with Crippen molar-refractivity contribution < 1.29 is 9.53 Å². The lowest BCUT2D eigenvalue weighted by molar-refractivity contribution is 0.0501. The van der Waals surface area contributed by atoms with Crippen molar-refractivity contribution in [3.8, 4) is 0 Å². The summed E-state index contributed by atoms with van der Waals surface area (Å²) in [4.78, 5) is 11.9. The molecule has 1 atom stereocenters. The van der Waals surface area contributed by atoms with Gasteiger partial charge in [0, 0.05) is 6.04 Å². The molecule has 0 saturated carbocycles. The van der Waals surface area contributed by atoms with Crippen molar-refractivity contribution in [2.45, 2.75) is 123 Å². The molecule has 0 aliphatic heterocycles. The van der Waals surface area contributed by atoms with E-state index in [1.165, 1.54) is 64.2 Å². The van der Waals surface area contributed by atoms with Gasteiger partial charge < -0.3 is 10.1 Å². The molecule has 25 heavy (non-hydrogen) atoms. The Balaban J connectivity index is 3.66. The van der Waals surface area contributed by atoms with Gasteiger partial charge in [-0.15, -0.1) is 6.58 Å². The van der Waals surface area contributed by atoms with E-state index in [2.05, 4.69) is 18.8 Å². The average Bonchev–Trinajstić information content (AvgIpc) is 2.50. The molecule has 0 bridgehead atoms. The van der Waals surface area contributed by atoms with Gasteiger partial charge in [0.1, 0.15) is 5.60 Å². The van der Waals surface area contributed by atoms with Crippen LogP contribution in [0, 0.1) is 0 Å². The summed E-state index contributed by atoms with van der Waals surface area (Å²) >= 11 is 0. The standard InChI is InChI=1S/C22H43NO2/c1-6-8-9-10-11-12-13-14-15-16-17-19-20(18-7-2)23-21(24)25-22(3,4)5/h7,20H,2,6,8-19H2,1,3-5H3,(H,23,24)/t20-/m0/s1. The van der Waals surface area contributed by atoms with Crippen LogP contribution in [0.25, 0.3) is 0 Å². The normalized spacial score (nSPS) is 12.6. The van der Waals surface area contributed by atoms with Gasteiger partial charge in [0.15, 0.2) is 0 Å². The van der Waals surface area contributed by atoms with Crippen LogP contribution in [0.3, 0.4) is 0 Å². The predicted octanol–water partition coefficient (Wildman–Crippen LogP) is 7.16. The Labute approximate surface area is 157 Å². The van der Waals surface area contributed by atoms with Crippen LogP contribution in [0.15, 0.2) is 12.7 Å². The Morgan fingerprint density at radius 3 is 1.88 bits per heavy atom. The molecule has 1 amide bonds. The molecule has 0 rings (SSSR count). The van der Waals surface area contributed by atoms with Gasteiger partial charge in [-0.1, -0.05) is 83.6 Å². The Morgan fingerprint density at radius 1 is 0.960 bits per heavy atom. The zero-order chi connectivity index (χ0) is 19.0. The molecule has 0 fully saturated rings. The minimum absolute atomic E-state index is 0.144. The maximum Gasteiger partial charge on any atom is 0.407 e. The van der Waals surface area contributed by atoms with Gasteiger partial charge >= 0.3 is 6.09 Å². The van der Waals surface area contributed by atoms with Crippen molar-refractivity contribution in [2.75, 3.05) is 0 Å². The molecule has 0 aromatic rings. The topological polar surface area (TPSA) is 38.3 Å². The molecule has 1 N–H and O–H groups in total. The van der Waals surface area contributed by atoms with Crippen LogP contribution in [0.1, 0.15) is 111 Å². The van der Waals surface area contributed by atoms with E-state index in [0.717, 1.165) is 19.3 Å². The zero-order valence-corrected chi connectivity index (χ0v) is 17.4. The van der Waals surface area contributed by atoms with Crippen molar-refractivity contribution in [1.29, 1.82) is 0 Å². The molecule has 0 radical (unpaired) electrons. The predicted molar refractivity (Wildman–Crippen MR) is 109 cm³/mol. The number of unbranched alkanes of at least 4 members (excludes halogenated alkanes) is 10. The molecule has 0 aromatic carbocycles. The lowest BCUT2D eigenvalue weighted by Crippen LogP contribution is -2.38. The average molecular weight is 354 g/mol. The van der Waals surface area contributed by atoms with Gasteiger partial charge in [-0.25, -0.2) is 4.79 Å². The highest BCUT2D eigenvalue weighted by Gasteiger charge is 2.18. The van der Waals surface area contributed by atoms with Gasteiger partial charge in [0.25, 0.3) is 0 Å². The molecule has 0 aliphatic carbocycles. The first-order valence-corrected chi connectivity index (χ1v) is 10.5. The molecule has 0 heterocycles. The zero-order valence-electron chi connectivity index (χ0n) is 17.4. The highest BCUT2D eigenvalue weighted by molar-refractivity contribution is 5.68. The Kier molecular flexibility index (Phi) is 14.7. The SMILES string of the molecule is C=CC[C@@H](CCCCCCCCCCCCC)NC(=O)OC(C)(C)C. The van der Waals surface area contributed by atoms with Gasteiger partial charge in [0.05, 0.1) is 0 Å². The minimum atomic E-state index is -0.445. The molecule has 3 heteroatoms. The fourth-order valence-electron chi connectivity index (χ4n) is 2.98. The first-order valence-electron chi connectivity index (χ1n) is 10.5. The van der Waals surface area contributed by atoms with Crippen LogP contribution >= 0.6 is 0 Å². The quantitative estimate of drug-likeness (QED) is 0.250. The third kappa shape index (κ3) is 17.6. The smallest absolute Gasteiger partial charge is 0.407 e. The third-order valence-electron chi connectivity index (χ3n) is 4.33. The number of rotatable bonds is 15. The second kappa shape index (κ2) is 15.3. The highest BCUT2D eigenvalue weighted by Crippen LogP contribution is 2.14. The van der Waals surface area contributed by atoms with Gasteiger partial charge in [-0.2, -0.15) is 0 Å². The maximum atomic E-state index is 11.9. The molecule has 0 aliphatic rings. The summed E-state index contributed by atoms with van der Waals surface area (Å²) in [7, 11) is 0. The number of amides is 1. The van der Waals surface area contributed by atoms with Gasteiger partial charge in [0.2, 0.25) is 0 Å². The van der Waals surface area contributed by atoms with Crippen molar-refractivity contribution >= 4 is 6.09 Å². The number of nitrogens with one attached hydrogen (secondary N) is 1. The van der Waals surface area contributed by atoms with E-state index in [1.807, 2.05) is 26.8 Å². The fraction of sp³-hybridized carbons (Fsp3) is 0.864. The summed E-state index contributed by atoms with van der Waals surface area (Å²) in [6, 6.07) is 0.144. The summed E-state index contributed by atoms with van der Waals surface area (Å²) in [5, 5.41) is 2.98. The Morgan fingerprint density at radius 2 is 1.44 bits per heavy atom. The molecule has 0 saturated heterocycles. The second-order valence-electron chi connectivity index (χ2n) is 8.19. The Hall–Kier alpha value is -0.990. The fourth-order valence-corrected chi connectivity index (χ4v) is 2.98. The van der Waals surface area contributed by atoms with Gasteiger partial charge in [-0.05, 0) is 33.6 Å². The first-order chi connectivity index (χ1) is 11.9. The minimum Gasteiger partial charge on any atom is -0.444 e. The lowest BCUT2D eigenvalue weighted by Gasteiger charge is -2.23. The summed E-state index contributed by atoms with van der Waals surface area (Å²) in [6.07, 6.45) is 18.1. The molecule has 0 spiro atoms. The first kappa shape index (κ1) is 24.0. The van der Waals surface area contributed by atoms with Crippen LogP contribution < -0.4 is 5.32 Å². The van der Waals surface area contributed by atoms with E-state index < -0.39 is 5.60 Å². The lowest BCUT2D eigenvalue weighted by atomic mass is 10.0. The van der Waals surface area contributed by atoms with E-state index in [4.69, 9.17) is 4.74 Å². The summed E-state index contributed by atoms with van der Waals surface area (Å²) in [5.74, 6) is 0. The van der Waals surface area contributed by atoms with Crippen molar-refractivity contribution in [3.05, 3.63) is 12.7 Å². The number of carbonyl (C=O) groups excluding carboxylic acids is 1. The largest absolute Gasteiger partial charge is 0.444 e. The van der Waals surface area contributed by atoms with Crippen LogP contribution in [-0.2, 0) is 4.74 Å². The van der Waals surface area contributed by atoms with E-state index in [9.17, 15) is 4.79 Å². The number of ether oxygens (including phenoxy) is 1. The number of carbonyl (C=O) groups is 1. The van der Waals surface area contributed by atoms with E-state index in [-0.39, 0.29) is 12.1 Å². The summed E-state index contributed by atoms with van der Waals surface area (Å²) < 4.78 is 5.34. The van der Waals surface area contributed by atoms with Crippen molar-refractivity contribution in [1.82, 2.24) is 5.32 Å². The summed E-state index contributed by atoms with van der Waals surface area (Å²) in [6.45, 7) is 11.7. The number of hydrogen-bond donors (Lipinski definition) is 1. The van der Waals surface area contributed by atoms with E-state index in [0.29, 0.717) is 0 Å². The monoisotopic (exact) mass is 353 g/mol. The van der Waals surface area contributed by atoms with Gasteiger partial charge in [-0.3, -0.25) is 0 Å². The molecular weight excluding hydrogens is 310 g/mol.